The van der Waals surface area contributed by atoms with Gasteiger partial charge in [-0.25, -0.2) is 8.42 Å². The van der Waals surface area contributed by atoms with Crippen molar-refractivity contribution in [3.63, 3.8) is 0 Å². The molecule has 0 fully saturated rings. The van der Waals surface area contributed by atoms with E-state index in [0.717, 1.165) is 11.3 Å². The first-order valence-corrected chi connectivity index (χ1v) is 7.70. The maximum absolute atomic E-state index is 11.5. The number of rotatable bonds is 5. The number of hydrogen-bond acceptors (Lipinski definition) is 3. The van der Waals surface area contributed by atoms with Crippen molar-refractivity contribution in [2.24, 2.45) is 0 Å². The van der Waals surface area contributed by atoms with E-state index in [1.165, 1.54) is 5.56 Å². The van der Waals surface area contributed by atoms with Gasteiger partial charge in [0.2, 0.25) is 0 Å². The average Bonchev–Trinajstić information content (AvgIpc) is 2.21. The van der Waals surface area contributed by atoms with Crippen LogP contribution in [0.3, 0.4) is 0 Å². The molecule has 4 heteroatoms. The van der Waals surface area contributed by atoms with Gasteiger partial charge in [0.05, 0.1) is 5.75 Å². The van der Waals surface area contributed by atoms with Crippen LogP contribution in [-0.4, -0.2) is 26.0 Å². The van der Waals surface area contributed by atoms with Crippen molar-refractivity contribution >= 4 is 15.5 Å². The standard InChI is InChI=1S/C13H21NO2S/c1-5-17(15,16)9-12(4)14-13-7-6-10(2)8-11(13)3/h6-8,12,14H,5,9H2,1-4H3. The predicted octanol–water partition coefficient (Wildman–Crippen LogP) is 2.54. The van der Waals surface area contributed by atoms with Gasteiger partial charge < -0.3 is 5.32 Å². The van der Waals surface area contributed by atoms with Gasteiger partial charge in [-0.3, -0.25) is 0 Å². The number of nitrogens with one attached hydrogen (secondary N) is 1. The Kier molecular flexibility index (Phi) is 4.57. The predicted molar refractivity (Wildman–Crippen MR) is 73.3 cm³/mol. The van der Waals surface area contributed by atoms with Crippen LogP contribution in [0.1, 0.15) is 25.0 Å². The van der Waals surface area contributed by atoms with E-state index >= 15 is 0 Å². The summed E-state index contributed by atoms with van der Waals surface area (Å²) < 4.78 is 23.0. The minimum absolute atomic E-state index is 0.0682. The Bertz CT molecular complexity index is 480. The van der Waals surface area contributed by atoms with E-state index in [1.54, 1.807) is 6.92 Å². The third-order valence-corrected chi connectivity index (χ3v) is 4.62. The van der Waals surface area contributed by atoms with Crippen LogP contribution < -0.4 is 5.32 Å². The van der Waals surface area contributed by atoms with Crippen LogP contribution in [0.4, 0.5) is 5.69 Å². The van der Waals surface area contributed by atoms with Gasteiger partial charge in [0.15, 0.2) is 9.84 Å². The highest BCUT2D eigenvalue weighted by Crippen LogP contribution is 2.17. The molecule has 0 amide bonds. The van der Waals surface area contributed by atoms with Gasteiger partial charge >= 0.3 is 0 Å². The van der Waals surface area contributed by atoms with Gasteiger partial charge in [0, 0.05) is 17.5 Å². The molecule has 0 aromatic heterocycles. The molecule has 0 spiro atoms. The zero-order valence-electron chi connectivity index (χ0n) is 10.9. The van der Waals surface area contributed by atoms with Crippen LogP contribution in [0.2, 0.25) is 0 Å². The molecule has 3 nitrogen and oxygen atoms in total. The summed E-state index contributed by atoms with van der Waals surface area (Å²) in [5, 5.41) is 3.25. The van der Waals surface area contributed by atoms with Crippen LogP contribution in [-0.2, 0) is 9.84 Å². The van der Waals surface area contributed by atoms with E-state index in [1.807, 2.05) is 32.9 Å². The summed E-state index contributed by atoms with van der Waals surface area (Å²) >= 11 is 0. The van der Waals surface area contributed by atoms with Gasteiger partial charge in [0.1, 0.15) is 0 Å². The van der Waals surface area contributed by atoms with Gasteiger partial charge in [-0.1, -0.05) is 24.6 Å². The molecule has 0 bridgehead atoms. The molecule has 0 aliphatic rings. The quantitative estimate of drug-likeness (QED) is 0.879. The molecular formula is C13H21NO2S. The average molecular weight is 255 g/mol. The van der Waals surface area contributed by atoms with Crippen LogP contribution in [0.25, 0.3) is 0 Å². The molecule has 1 rings (SSSR count). The second-order valence-electron chi connectivity index (χ2n) is 4.56. The zero-order chi connectivity index (χ0) is 13.1. The van der Waals surface area contributed by atoms with Gasteiger partial charge in [0.25, 0.3) is 0 Å². The smallest absolute Gasteiger partial charge is 0.152 e. The van der Waals surface area contributed by atoms with E-state index < -0.39 is 9.84 Å². The molecule has 0 heterocycles. The first kappa shape index (κ1) is 14.0. The highest BCUT2D eigenvalue weighted by Gasteiger charge is 2.13. The fourth-order valence-electron chi connectivity index (χ4n) is 1.78. The van der Waals surface area contributed by atoms with Crippen LogP contribution in [0.15, 0.2) is 18.2 Å². The highest BCUT2D eigenvalue weighted by atomic mass is 32.2. The number of aryl methyl sites for hydroxylation is 2. The Labute approximate surface area is 104 Å². The van der Waals surface area contributed by atoms with Crippen molar-refractivity contribution in [2.45, 2.75) is 33.7 Å². The summed E-state index contributed by atoms with van der Waals surface area (Å²) in [4.78, 5) is 0. The Balaban J connectivity index is 2.72. The Hall–Kier alpha value is -1.03. The summed E-state index contributed by atoms with van der Waals surface area (Å²) in [7, 11) is -2.92. The normalized spacial score (nSPS) is 13.4. The molecule has 0 aliphatic carbocycles. The van der Waals surface area contributed by atoms with Crippen molar-refractivity contribution in [1.29, 1.82) is 0 Å². The van der Waals surface area contributed by atoms with Gasteiger partial charge in [-0.2, -0.15) is 0 Å². The molecule has 1 N–H and O–H groups in total. The van der Waals surface area contributed by atoms with Gasteiger partial charge in [-0.05, 0) is 32.4 Å². The van der Waals surface area contributed by atoms with E-state index in [0.29, 0.717) is 0 Å². The summed E-state index contributed by atoms with van der Waals surface area (Å²) in [6.45, 7) is 7.64. The van der Waals surface area contributed by atoms with Crippen molar-refractivity contribution in [3.05, 3.63) is 29.3 Å². The molecule has 1 aromatic carbocycles. The summed E-state index contributed by atoms with van der Waals surface area (Å²) in [6, 6.07) is 6.04. The first-order valence-electron chi connectivity index (χ1n) is 5.88. The fraction of sp³-hybridized carbons (Fsp3) is 0.538. The molecule has 0 saturated carbocycles. The number of sulfone groups is 1. The highest BCUT2D eigenvalue weighted by molar-refractivity contribution is 7.91. The van der Waals surface area contributed by atoms with Crippen molar-refractivity contribution in [2.75, 3.05) is 16.8 Å². The van der Waals surface area contributed by atoms with Crippen LogP contribution in [0.5, 0.6) is 0 Å². The lowest BCUT2D eigenvalue weighted by Gasteiger charge is -2.17. The summed E-state index contributed by atoms with van der Waals surface area (Å²) in [5.41, 5.74) is 3.36. The monoisotopic (exact) mass is 255 g/mol. The van der Waals surface area contributed by atoms with E-state index in [-0.39, 0.29) is 17.5 Å². The molecule has 1 aromatic rings. The molecule has 0 radical (unpaired) electrons. The minimum atomic E-state index is -2.92. The number of anilines is 1. The molecule has 1 unspecified atom stereocenters. The molecule has 1 atom stereocenters. The first-order chi connectivity index (χ1) is 7.84. The number of benzene rings is 1. The van der Waals surface area contributed by atoms with E-state index in [2.05, 4.69) is 11.4 Å². The largest absolute Gasteiger partial charge is 0.381 e. The van der Waals surface area contributed by atoms with E-state index in [4.69, 9.17) is 0 Å². The lowest BCUT2D eigenvalue weighted by Crippen LogP contribution is -2.27. The third kappa shape index (κ3) is 4.38. The molecule has 0 saturated heterocycles. The summed E-state index contributed by atoms with van der Waals surface area (Å²) in [6.07, 6.45) is 0. The lowest BCUT2D eigenvalue weighted by molar-refractivity contribution is 0.593. The lowest BCUT2D eigenvalue weighted by atomic mass is 10.1. The second kappa shape index (κ2) is 5.54. The Morgan fingerprint density at radius 1 is 1.29 bits per heavy atom. The van der Waals surface area contributed by atoms with Crippen LogP contribution in [0, 0.1) is 13.8 Å². The maximum atomic E-state index is 11.5. The Morgan fingerprint density at radius 3 is 2.47 bits per heavy atom. The topological polar surface area (TPSA) is 46.2 Å². The van der Waals surface area contributed by atoms with Crippen molar-refractivity contribution in [1.82, 2.24) is 0 Å². The molecule has 96 valence electrons. The SMILES string of the molecule is CCS(=O)(=O)CC(C)Nc1ccc(C)cc1C. The van der Waals surface area contributed by atoms with E-state index in [9.17, 15) is 8.42 Å². The minimum Gasteiger partial charge on any atom is -0.381 e. The molecular weight excluding hydrogens is 234 g/mol. The fourth-order valence-corrected chi connectivity index (χ4v) is 2.86. The maximum Gasteiger partial charge on any atom is 0.152 e. The number of hydrogen-bond donors (Lipinski definition) is 1. The zero-order valence-corrected chi connectivity index (χ0v) is 11.8. The third-order valence-electron chi connectivity index (χ3n) is 2.73. The van der Waals surface area contributed by atoms with Crippen LogP contribution >= 0.6 is 0 Å². The molecule has 0 aliphatic heterocycles. The second-order valence-corrected chi connectivity index (χ2v) is 6.96. The van der Waals surface area contributed by atoms with Crippen molar-refractivity contribution < 1.29 is 8.42 Å². The van der Waals surface area contributed by atoms with Crippen molar-refractivity contribution in [3.8, 4) is 0 Å². The summed E-state index contributed by atoms with van der Waals surface area (Å²) in [5.74, 6) is 0.378. The Morgan fingerprint density at radius 2 is 1.94 bits per heavy atom. The van der Waals surface area contributed by atoms with Gasteiger partial charge in [-0.15, -0.1) is 0 Å². The molecule has 17 heavy (non-hydrogen) atoms.